The van der Waals surface area contributed by atoms with Gasteiger partial charge in [-0.15, -0.1) is 0 Å². The highest BCUT2D eigenvalue weighted by Crippen LogP contribution is 2.42. The van der Waals surface area contributed by atoms with Gasteiger partial charge in [-0.3, -0.25) is 4.79 Å². The van der Waals surface area contributed by atoms with Gasteiger partial charge in [-0.25, -0.2) is 13.4 Å². The minimum atomic E-state index is -3.54. The van der Waals surface area contributed by atoms with E-state index < -0.39 is 16.0 Å². The normalized spacial score (nSPS) is 30.5. The minimum absolute atomic E-state index is 0.0774. The Morgan fingerprint density at radius 1 is 1.40 bits per heavy atom. The topological polar surface area (TPSA) is 103 Å². The van der Waals surface area contributed by atoms with Gasteiger partial charge in [0.2, 0.25) is 0 Å². The molecule has 1 aromatic rings. The van der Waals surface area contributed by atoms with E-state index in [4.69, 9.17) is 5.11 Å². The van der Waals surface area contributed by atoms with E-state index in [2.05, 4.69) is 9.97 Å². The van der Waals surface area contributed by atoms with E-state index >= 15 is 0 Å². The Balaban J connectivity index is 1.82. The van der Waals surface area contributed by atoms with E-state index in [1.807, 2.05) is 0 Å². The van der Waals surface area contributed by atoms with Crippen LogP contribution >= 0.6 is 0 Å². The van der Waals surface area contributed by atoms with Gasteiger partial charge in [0, 0.05) is 18.5 Å². The number of imidazole rings is 1. The molecule has 0 aromatic carbocycles. The Kier molecular flexibility index (Phi) is 3.29. The van der Waals surface area contributed by atoms with Crippen molar-refractivity contribution in [1.82, 2.24) is 14.3 Å². The van der Waals surface area contributed by atoms with E-state index in [1.54, 1.807) is 4.31 Å². The Morgan fingerprint density at radius 2 is 2.05 bits per heavy atom. The Labute approximate surface area is 117 Å². The van der Waals surface area contributed by atoms with Gasteiger partial charge in [0.1, 0.15) is 0 Å². The van der Waals surface area contributed by atoms with Crippen molar-refractivity contribution in [2.45, 2.75) is 49.2 Å². The fourth-order valence-electron chi connectivity index (χ4n) is 3.55. The van der Waals surface area contributed by atoms with Crippen LogP contribution in [0.4, 0.5) is 0 Å². The lowest BCUT2D eigenvalue weighted by atomic mass is 9.90. The standard InChI is InChI=1S/C12H17N3O4S/c16-12(17)5-8-3-9-1-2-10(4-8)15(9)20(18,19)11-6-13-7-14-11/h6-10H,1-5H2,(H,13,14)(H,16,17). The smallest absolute Gasteiger partial charge is 0.303 e. The molecule has 8 heteroatoms. The fraction of sp³-hybridized carbons (Fsp3) is 0.667. The van der Waals surface area contributed by atoms with Crippen molar-refractivity contribution in [2.24, 2.45) is 5.92 Å². The number of piperidine rings is 1. The fourth-order valence-corrected chi connectivity index (χ4v) is 5.34. The predicted octanol–water partition coefficient (Wildman–Crippen LogP) is 0.816. The Morgan fingerprint density at radius 3 is 2.55 bits per heavy atom. The highest BCUT2D eigenvalue weighted by Gasteiger charge is 2.47. The lowest BCUT2D eigenvalue weighted by Crippen LogP contribution is -2.46. The second-order valence-corrected chi connectivity index (χ2v) is 7.38. The predicted molar refractivity (Wildman–Crippen MR) is 69.4 cm³/mol. The number of aliphatic carboxylic acids is 1. The van der Waals surface area contributed by atoms with Crippen LogP contribution in [-0.2, 0) is 14.8 Å². The maximum atomic E-state index is 12.6. The lowest BCUT2D eigenvalue weighted by molar-refractivity contribution is -0.138. The molecule has 2 unspecified atom stereocenters. The number of carboxylic acid groups (broad SMARTS) is 1. The number of H-pyrrole nitrogens is 1. The summed E-state index contributed by atoms with van der Waals surface area (Å²) in [5.74, 6) is -0.725. The van der Waals surface area contributed by atoms with Gasteiger partial charge in [-0.1, -0.05) is 0 Å². The van der Waals surface area contributed by atoms with Gasteiger partial charge in [0.25, 0.3) is 10.0 Å². The zero-order valence-electron chi connectivity index (χ0n) is 10.9. The number of aromatic nitrogens is 2. The van der Waals surface area contributed by atoms with Crippen LogP contribution in [0.5, 0.6) is 0 Å². The van der Waals surface area contributed by atoms with Crippen molar-refractivity contribution in [3.8, 4) is 0 Å². The summed E-state index contributed by atoms with van der Waals surface area (Å²) >= 11 is 0. The number of carboxylic acids is 1. The van der Waals surface area contributed by atoms with E-state index in [0.29, 0.717) is 12.8 Å². The molecule has 0 aliphatic carbocycles. The van der Waals surface area contributed by atoms with E-state index in [9.17, 15) is 13.2 Å². The number of sulfonamides is 1. The maximum absolute atomic E-state index is 12.6. The molecule has 3 rings (SSSR count). The lowest BCUT2D eigenvalue weighted by Gasteiger charge is -2.37. The van der Waals surface area contributed by atoms with Gasteiger partial charge in [0.05, 0.1) is 12.5 Å². The average molecular weight is 299 g/mol. The van der Waals surface area contributed by atoms with Crippen LogP contribution in [0.2, 0.25) is 0 Å². The number of carbonyl (C=O) groups is 1. The summed E-state index contributed by atoms with van der Waals surface area (Å²) in [5.41, 5.74) is 0. The van der Waals surface area contributed by atoms with Crippen LogP contribution < -0.4 is 0 Å². The summed E-state index contributed by atoms with van der Waals surface area (Å²) in [6.07, 6.45) is 5.70. The molecule has 7 nitrogen and oxygen atoms in total. The van der Waals surface area contributed by atoms with Crippen LogP contribution in [0.1, 0.15) is 32.1 Å². The first kappa shape index (κ1) is 13.6. The van der Waals surface area contributed by atoms with Crippen LogP contribution in [0.15, 0.2) is 17.6 Å². The number of fused-ring (bicyclic) bond motifs is 2. The third kappa shape index (κ3) is 2.22. The molecule has 20 heavy (non-hydrogen) atoms. The van der Waals surface area contributed by atoms with Crippen molar-refractivity contribution in [3.63, 3.8) is 0 Å². The molecule has 0 amide bonds. The summed E-state index contributed by atoms with van der Waals surface area (Å²) in [4.78, 5) is 17.2. The zero-order chi connectivity index (χ0) is 14.3. The van der Waals surface area contributed by atoms with Crippen LogP contribution in [0.25, 0.3) is 0 Å². The molecule has 2 saturated heterocycles. The second kappa shape index (κ2) is 4.85. The van der Waals surface area contributed by atoms with Gasteiger partial charge < -0.3 is 10.1 Å². The molecule has 2 bridgehead atoms. The molecule has 2 aliphatic heterocycles. The van der Waals surface area contributed by atoms with Gasteiger partial charge in [-0.2, -0.15) is 4.31 Å². The quantitative estimate of drug-likeness (QED) is 0.856. The van der Waals surface area contributed by atoms with Crippen molar-refractivity contribution >= 4 is 16.0 Å². The highest BCUT2D eigenvalue weighted by atomic mass is 32.2. The third-order valence-corrected chi connectivity index (χ3v) is 6.19. The van der Waals surface area contributed by atoms with Gasteiger partial charge in [-0.05, 0) is 31.6 Å². The summed E-state index contributed by atoms with van der Waals surface area (Å²) < 4.78 is 26.7. The summed E-state index contributed by atoms with van der Waals surface area (Å²) in [7, 11) is -3.54. The van der Waals surface area contributed by atoms with Crippen molar-refractivity contribution in [2.75, 3.05) is 0 Å². The molecule has 0 spiro atoms. The molecule has 110 valence electrons. The summed E-state index contributed by atoms with van der Waals surface area (Å²) in [6, 6.07) is -0.155. The summed E-state index contributed by atoms with van der Waals surface area (Å²) in [5, 5.41) is 9.01. The number of rotatable bonds is 4. The molecule has 0 radical (unpaired) electrons. The second-order valence-electron chi connectivity index (χ2n) is 5.57. The number of nitrogens with zero attached hydrogens (tertiary/aromatic N) is 2. The van der Waals surface area contributed by atoms with Crippen molar-refractivity contribution < 1.29 is 18.3 Å². The molecule has 3 heterocycles. The van der Waals surface area contributed by atoms with Crippen LogP contribution in [0.3, 0.4) is 0 Å². The van der Waals surface area contributed by atoms with E-state index in [-0.39, 0.29) is 29.4 Å². The van der Waals surface area contributed by atoms with Gasteiger partial charge in [0.15, 0.2) is 5.03 Å². The van der Waals surface area contributed by atoms with E-state index in [0.717, 1.165) is 12.8 Å². The first-order chi connectivity index (χ1) is 9.48. The van der Waals surface area contributed by atoms with Crippen molar-refractivity contribution in [3.05, 3.63) is 12.5 Å². The van der Waals surface area contributed by atoms with Crippen LogP contribution in [-0.4, -0.2) is 45.9 Å². The maximum Gasteiger partial charge on any atom is 0.303 e. The number of nitrogens with one attached hydrogen (secondary N) is 1. The summed E-state index contributed by atoms with van der Waals surface area (Å²) in [6.45, 7) is 0. The molecular formula is C12H17N3O4S. The first-order valence-electron chi connectivity index (χ1n) is 6.72. The molecule has 1 aromatic heterocycles. The average Bonchev–Trinajstić information content (AvgIpc) is 2.96. The molecule has 0 saturated carbocycles. The monoisotopic (exact) mass is 299 g/mol. The molecule has 2 fully saturated rings. The largest absolute Gasteiger partial charge is 0.481 e. The number of hydrogen-bond acceptors (Lipinski definition) is 4. The molecular weight excluding hydrogens is 282 g/mol. The van der Waals surface area contributed by atoms with Crippen molar-refractivity contribution in [1.29, 1.82) is 0 Å². The Bertz CT molecular complexity index is 584. The van der Waals surface area contributed by atoms with Gasteiger partial charge >= 0.3 is 5.97 Å². The third-order valence-electron chi connectivity index (χ3n) is 4.26. The molecule has 2 N–H and O–H groups in total. The Hall–Kier alpha value is -1.41. The SMILES string of the molecule is O=C(O)CC1CC2CCC(C1)N2S(=O)(=O)c1cnc[nH]1. The zero-order valence-corrected chi connectivity index (χ0v) is 11.7. The van der Waals surface area contributed by atoms with Crippen LogP contribution in [0, 0.1) is 5.92 Å². The minimum Gasteiger partial charge on any atom is -0.481 e. The number of hydrogen-bond donors (Lipinski definition) is 2. The highest BCUT2D eigenvalue weighted by molar-refractivity contribution is 7.89. The molecule has 2 aliphatic rings. The molecule has 2 atom stereocenters. The number of aromatic amines is 1. The van der Waals surface area contributed by atoms with E-state index in [1.165, 1.54) is 12.5 Å². The first-order valence-corrected chi connectivity index (χ1v) is 8.16.